The van der Waals surface area contributed by atoms with Gasteiger partial charge in [-0.05, 0) is 51.1 Å². The van der Waals surface area contributed by atoms with Crippen LogP contribution in [0.2, 0.25) is 0 Å². The standard InChI is InChI=1S/C23H21BrO7/c1-12(2)30-20(25)10-28-18-5-4-17-21(26)19(31-22(17)13(18)3)8-14-6-16(24)7-15-9-27-11-29-23(14)15/h4-8,12H,9-11H2,1-3H3/b19-8-. The number of halogens is 1. The van der Waals surface area contributed by atoms with E-state index in [1.807, 2.05) is 12.1 Å². The molecule has 0 aromatic heterocycles. The number of ketones is 1. The molecule has 162 valence electrons. The third kappa shape index (κ3) is 4.45. The highest BCUT2D eigenvalue weighted by atomic mass is 79.9. The van der Waals surface area contributed by atoms with Gasteiger partial charge in [0.25, 0.3) is 0 Å². The van der Waals surface area contributed by atoms with Crippen LogP contribution in [0.1, 0.15) is 40.9 Å². The molecule has 0 amide bonds. The SMILES string of the molecule is Cc1c(OCC(=O)OC(C)C)ccc2c1O/C(=C\c1cc(Br)cc3c1OCOC3)C2=O. The van der Waals surface area contributed by atoms with Crippen molar-refractivity contribution in [2.45, 2.75) is 33.5 Å². The highest BCUT2D eigenvalue weighted by Crippen LogP contribution is 2.40. The van der Waals surface area contributed by atoms with Crippen LogP contribution in [-0.2, 0) is 20.9 Å². The van der Waals surface area contributed by atoms with Gasteiger partial charge in [-0.25, -0.2) is 4.79 Å². The second-order valence-electron chi connectivity index (χ2n) is 7.43. The lowest BCUT2D eigenvalue weighted by atomic mass is 10.0. The summed E-state index contributed by atoms with van der Waals surface area (Å²) in [6, 6.07) is 7.07. The average Bonchev–Trinajstić information content (AvgIpc) is 3.03. The zero-order chi connectivity index (χ0) is 22.1. The van der Waals surface area contributed by atoms with Crippen molar-refractivity contribution >= 4 is 33.8 Å². The van der Waals surface area contributed by atoms with Crippen molar-refractivity contribution in [3.8, 4) is 17.2 Å². The van der Waals surface area contributed by atoms with Gasteiger partial charge in [0.05, 0.1) is 18.3 Å². The Bertz CT molecular complexity index is 1090. The van der Waals surface area contributed by atoms with Crippen molar-refractivity contribution in [1.29, 1.82) is 0 Å². The molecule has 0 saturated heterocycles. The van der Waals surface area contributed by atoms with Gasteiger partial charge in [-0.3, -0.25) is 4.79 Å². The fourth-order valence-corrected chi connectivity index (χ4v) is 3.94. The summed E-state index contributed by atoms with van der Waals surface area (Å²) in [4.78, 5) is 24.7. The minimum absolute atomic E-state index is 0.152. The molecule has 0 unspecified atom stereocenters. The first-order valence-electron chi connectivity index (χ1n) is 9.76. The maximum absolute atomic E-state index is 12.9. The van der Waals surface area contributed by atoms with Gasteiger partial charge in [0.15, 0.2) is 19.2 Å². The predicted octanol–water partition coefficient (Wildman–Crippen LogP) is 4.57. The summed E-state index contributed by atoms with van der Waals surface area (Å²) in [5.41, 5.74) is 2.67. The van der Waals surface area contributed by atoms with E-state index >= 15 is 0 Å². The molecule has 31 heavy (non-hydrogen) atoms. The van der Waals surface area contributed by atoms with Crippen LogP contribution in [0.4, 0.5) is 0 Å². The number of hydrogen-bond donors (Lipinski definition) is 0. The zero-order valence-electron chi connectivity index (χ0n) is 17.3. The molecule has 8 heteroatoms. The maximum atomic E-state index is 12.9. The normalized spacial score (nSPS) is 15.9. The van der Waals surface area contributed by atoms with Crippen LogP contribution >= 0.6 is 15.9 Å². The van der Waals surface area contributed by atoms with Crippen LogP contribution in [0.5, 0.6) is 17.2 Å². The zero-order valence-corrected chi connectivity index (χ0v) is 18.9. The molecular formula is C23H21BrO7. The monoisotopic (exact) mass is 488 g/mol. The van der Waals surface area contributed by atoms with Crippen molar-refractivity contribution in [3.05, 3.63) is 56.8 Å². The second kappa shape index (κ2) is 8.72. The van der Waals surface area contributed by atoms with Crippen molar-refractivity contribution in [1.82, 2.24) is 0 Å². The van der Waals surface area contributed by atoms with Gasteiger partial charge in [-0.2, -0.15) is 0 Å². The molecular weight excluding hydrogens is 468 g/mol. The first-order chi connectivity index (χ1) is 14.8. The van der Waals surface area contributed by atoms with Gasteiger partial charge in [0, 0.05) is 21.2 Å². The third-order valence-corrected chi connectivity index (χ3v) is 5.20. The molecule has 0 spiro atoms. The summed E-state index contributed by atoms with van der Waals surface area (Å²) >= 11 is 3.48. The summed E-state index contributed by atoms with van der Waals surface area (Å²) in [5, 5.41) is 0. The second-order valence-corrected chi connectivity index (χ2v) is 8.34. The number of benzene rings is 2. The van der Waals surface area contributed by atoms with Gasteiger partial charge in [-0.1, -0.05) is 15.9 Å². The van der Waals surface area contributed by atoms with Crippen molar-refractivity contribution in [3.63, 3.8) is 0 Å². The Morgan fingerprint density at radius 1 is 1.26 bits per heavy atom. The number of carbonyl (C=O) groups excluding carboxylic acids is 2. The topological polar surface area (TPSA) is 80.3 Å². The van der Waals surface area contributed by atoms with E-state index in [2.05, 4.69) is 15.9 Å². The fraction of sp³-hybridized carbons (Fsp3) is 0.304. The minimum atomic E-state index is -0.462. The van der Waals surface area contributed by atoms with Gasteiger partial charge >= 0.3 is 5.97 Å². The van der Waals surface area contributed by atoms with Gasteiger partial charge in [-0.15, -0.1) is 0 Å². The smallest absolute Gasteiger partial charge is 0.344 e. The number of hydrogen-bond acceptors (Lipinski definition) is 7. The summed E-state index contributed by atoms with van der Waals surface area (Å²) < 4.78 is 28.4. The Balaban J connectivity index is 1.59. The van der Waals surface area contributed by atoms with Gasteiger partial charge < -0.3 is 23.7 Å². The lowest BCUT2D eigenvalue weighted by Gasteiger charge is -2.20. The molecule has 2 aromatic carbocycles. The lowest BCUT2D eigenvalue weighted by molar-refractivity contribution is -0.149. The molecule has 0 saturated carbocycles. The van der Waals surface area contributed by atoms with E-state index in [-0.39, 0.29) is 31.0 Å². The molecule has 0 radical (unpaired) electrons. The molecule has 2 aliphatic rings. The van der Waals surface area contributed by atoms with Gasteiger partial charge in [0.1, 0.15) is 17.2 Å². The number of carbonyl (C=O) groups is 2. The third-order valence-electron chi connectivity index (χ3n) is 4.74. The van der Waals surface area contributed by atoms with E-state index in [0.717, 1.165) is 15.6 Å². The quantitative estimate of drug-likeness (QED) is 0.450. The van der Waals surface area contributed by atoms with Crippen LogP contribution < -0.4 is 14.2 Å². The fourth-order valence-electron chi connectivity index (χ4n) is 3.41. The Morgan fingerprint density at radius 3 is 2.84 bits per heavy atom. The Hall–Kier alpha value is -2.84. The van der Waals surface area contributed by atoms with Gasteiger partial charge in [0.2, 0.25) is 5.78 Å². The first-order valence-corrected chi connectivity index (χ1v) is 10.6. The molecule has 4 rings (SSSR count). The number of allylic oxidation sites excluding steroid dienone is 1. The van der Waals surface area contributed by atoms with E-state index in [4.69, 9.17) is 23.7 Å². The number of ether oxygens (including phenoxy) is 5. The lowest BCUT2D eigenvalue weighted by Crippen LogP contribution is -2.19. The molecule has 0 aliphatic carbocycles. The molecule has 0 fully saturated rings. The highest BCUT2D eigenvalue weighted by molar-refractivity contribution is 9.10. The van der Waals surface area contributed by atoms with Crippen molar-refractivity contribution in [2.24, 2.45) is 0 Å². The summed E-state index contributed by atoms with van der Waals surface area (Å²) in [6.45, 7) is 5.67. The van der Waals surface area contributed by atoms with Crippen LogP contribution in [-0.4, -0.2) is 31.3 Å². The number of esters is 1. The van der Waals surface area contributed by atoms with Crippen LogP contribution in [0, 0.1) is 6.92 Å². The minimum Gasteiger partial charge on any atom is -0.481 e. The molecule has 2 aliphatic heterocycles. The van der Waals surface area contributed by atoms with Crippen molar-refractivity contribution in [2.75, 3.05) is 13.4 Å². The Kier molecular flexibility index (Phi) is 6.02. The summed E-state index contributed by atoms with van der Waals surface area (Å²) in [6.07, 6.45) is 1.45. The van der Waals surface area contributed by atoms with E-state index in [1.54, 1.807) is 39.0 Å². The number of fused-ring (bicyclic) bond motifs is 2. The van der Waals surface area contributed by atoms with Crippen LogP contribution in [0.25, 0.3) is 6.08 Å². The summed E-state index contributed by atoms with van der Waals surface area (Å²) in [5.74, 6) is 1.03. The van der Waals surface area contributed by atoms with Crippen LogP contribution in [0.15, 0.2) is 34.5 Å². The molecule has 2 heterocycles. The maximum Gasteiger partial charge on any atom is 0.344 e. The van der Waals surface area contributed by atoms with E-state index in [1.165, 1.54) is 0 Å². The van der Waals surface area contributed by atoms with E-state index in [0.29, 0.717) is 35.0 Å². The molecule has 0 bridgehead atoms. The Morgan fingerprint density at radius 2 is 2.06 bits per heavy atom. The molecule has 0 atom stereocenters. The summed E-state index contributed by atoms with van der Waals surface area (Å²) in [7, 11) is 0. The molecule has 2 aromatic rings. The van der Waals surface area contributed by atoms with Crippen LogP contribution in [0.3, 0.4) is 0 Å². The largest absolute Gasteiger partial charge is 0.481 e. The van der Waals surface area contributed by atoms with E-state index < -0.39 is 5.97 Å². The molecule has 7 nitrogen and oxygen atoms in total. The predicted molar refractivity (Wildman–Crippen MR) is 115 cm³/mol. The van der Waals surface area contributed by atoms with E-state index in [9.17, 15) is 9.59 Å². The highest BCUT2D eigenvalue weighted by Gasteiger charge is 2.31. The molecule has 0 N–H and O–H groups in total. The average molecular weight is 489 g/mol. The van der Waals surface area contributed by atoms with Crippen molar-refractivity contribution < 1.29 is 33.3 Å². The number of rotatable bonds is 5. The first kappa shape index (κ1) is 21.4. The number of Topliss-reactive ketones (excluding diaryl/α,β-unsaturated/α-hetero) is 1. The Labute approximate surface area is 188 Å².